The van der Waals surface area contributed by atoms with E-state index >= 15 is 0 Å². The minimum atomic E-state index is -0.357. The third-order valence-corrected chi connectivity index (χ3v) is 5.26. The van der Waals surface area contributed by atoms with Crippen molar-refractivity contribution in [2.24, 2.45) is 0 Å². The summed E-state index contributed by atoms with van der Waals surface area (Å²) < 4.78 is 14.3. The summed E-state index contributed by atoms with van der Waals surface area (Å²) in [5.41, 5.74) is 5.32. The summed E-state index contributed by atoms with van der Waals surface area (Å²) in [5.74, 6) is -0.357. The molecular formula is C23H16Cl2FN. The molecule has 0 atom stereocenters. The van der Waals surface area contributed by atoms with E-state index in [2.05, 4.69) is 11.1 Å². The Bertz CT molecular complexity index is 1130. The van der Waals surface area contributed by atoms with Crippen LogP contribution in [-0.2, 0) is 6.42 Å². The minimum Gasteiger partial charge on any atom is -0.256 e. The average Bonchev–Trinajstić information content (AvgIpc) is 2.64. The van der Waals surface area contributed by atoms with Crippen molar-refractivity contribution >= 4 is 34.1 Å². The van der Waals surface area contributed by atoms with E-state index in [1.807, 2.05) is 49.5 Å². The second-order valence-electron chi connectivity index (χ2n) is 6.59. The van der Waals surface area contributed by atoms with Gasteiger partial charge in [0.25, 0.3) is 0 Å². The third kappa shape index (κ3) is 3.69. The molecule has 4 aromatic rings. The molecule has 0 aliphatic rings. The Morgan fingerprint density at radius 2 is 1.78 bits per heavy atom. The molecule has 0 N–H and O–H groups in total. The Morgan fingerprint density at radius 1 is 0.963 bits per heavy atom. The van der Waals surface area contributed by atoms with Gasteiger partial charge >= 0.3 is 0 Å². The molecule has 1 aromatic heterocycles. The first kappa shape index (κ1) is 18.0. The zero-order chi connectivity index (χ0) is 19.0. The highest BCUT2D eigenvalue weighted by Gasteiger charge is 2.12. The molecule has 134 valence electrons. The molecule has 0 saturated carbocycles. The van der Waals surface area contributed by atoms with Crippen LogP contribution >= 0.6 is 23.2 Å². The largest absolute Gasteiger partial charge is 0.256 e. The van der Waals surface area contributed by atoms with Crippen LogP contribution in [0.5, 0.6) is 0 Å². The van der Waals surface area contributed by atoms with Gasteiger partial charge in [-0.1, -0.05) is 47.5 Å². The van der Waals surface area contributed by atoms with Gasteiger partial charge in [-0.05, 0) is 65.6 Å². The van der Waals surface area contributed by atoms with Gasteiger partial charge in [-0.2, -0.15) is 0 Å². The molecule has 4 heteroatoms. The average molecular weight is 396 g/mol. The Hall–Kier alpha value is -2.42. The van der Waals surface area contributed by atoms with Gasteiger partial charge in [0.05, 0.1) is 5.52 Å². The van der Waals surface area contributed by atoms with E-state index in [1.165, 1.54) is 6.07 Å². The third-order valence-electron chi connectivity index (χ3n) is 4.69. The highest BCUT2D eigenvalue weighted by Crippen LogP contribution is 2.32. The van der Waals surface area contributed by atoms with Crippen LogP contribution in [0.3, 0.4) is 0 Å². The summed E-state index contributed by atoms with van der Waals surface area (Å²) in [6.07, 6.45) is 2.55. The molecule has 1 heterocycles. The Labute approximate surface area is 167 Å². The summed E-state index contributed by atoms with van der Waals surface area (Å²) in [5, 5.41) is 2.09. The fraction of sp³-hybridized carbons (Fsp3) is 0.0870. The van der Waals surface area contributed by atoms with Crippen LogP contribution in [0.1, 0.15) is 16.7 Å². The minimum absolute atomic E-state index is 0.357. The number of aromatic nitrogens is 1. The molecule has 0 unspecified atom stereocenters. The molecule has 0 amide bonds. The zero-order valence-electron chi connectivity index (χ0n) is 14.6. The monoisotopic (exact) mass is 395 g/mol. The number of hydrogen-bond donors (Lipinski definition) is 0. The molecular weight excluding hydrogens is 380 g/mol. The predicted octanol–water partition coefficient (Wildman–Crippen LogP) is 7.25. The number of fused-ring (bicyclic) bond motifs is 1. The van der Waals surface area contributed by atoms with Crippen LogP contribution in [0, 0.1) is 12.7 Å². The van der Waals surface area contributed by atoms with Gasteiger partial charge in [0.15, 0.2) is 0 Å². The smallest absolute Gasteiger partial charge is 0.132 e. The summed E-state index contributed by atoms with van der Waals surface area (Å²) in [6, 6.07) is 18.6. The van der Waals surface area contributed by atoms with Gasteiger partial charge < -0.3 is 0 Å². The number of aryl methyl sites for hydroxylation is 1. The van der Waals surface area contributed by atoms with Crippen LogP contribution in [0.25, 0.3) is 22.0 Å². The highest BCUT2D eigenvalue weighted by molar-refractivity contribution is 6.32. The Morgan fingerprint density at radius 3 is 2.56 bits per heavy atom. The van der Waals surface area contributed by atoms with E-state index < -0.39 is 0 Å². The first-order valence-corrected chi connectivity index (χ1v) is 9.35. The molecule has 0 bridgehead atoms. The second kappa shape index (κ2) is 7.30. The van der Waals surface area contributed by atoms with Gasteiger partial charge in [0, 0.05) is 33.6 Å². The first-order chi connectivity index (χ1) is 13.0. The van der Waals surface area contributed by atoms with Gasteiger partial charge in [0.1, 0.15) is 5.82 Å². The number of halogens is 3. The summed E-state index contributed by atoms with van der Waals surface area (Å²) in [7, 11) is 0. The van der Waals surface area contributed by atoms with Crippen molar-refractivity contribution in [2.45, 2.75) is 13.3 Å². The number of para-hydroxylation sites is 1. The van der Waals surface area contributed by atoms with E-state index in [-0.39, 0.29) is 5.82 Å². The van der Waals surface area contributed by atoms with Crippen molar-refractivity contribution < 1.29 is 4.39 Å². The van der Waals surface area contributed by atoms with Crippen LogP contribution in [0.15, 0.2) is 66.9 Å². The molecule has 0 radical (unpaired) electrons. The lowest BCUT2D eigenvalue weighted by molar-refractivity contribution is 0.631. The van der Waals surface area contributed by atoms with E-state index in [1.54, 1.807) is 12.1 Å². The molecule has 0 aliphatic heterocycles. The lowest BCUT2D eigenvalue weighted by Crippen LogP contribution is -1.96. The lowest BCUT2D eigenvalue weighted by Gasteiger charge is -2.13. The van der Waals surface area contributed by atoms with Crippen LogP contribution in [0.2, 0.25) is 10.0 Å². The standard InChI is InChI=1S/C23H16Cl2FN/c1-14-8-17(19-7-6-18(24)12-22(19)26)11-21(25)20(14)10-15-9-16-4-2-3-5-23(16)27-13-15/h2-9,11-13H,10H2,1H3. The molecule has 0 saturated heterocycles. The molecule has 4 rings (SSSR count). The van der Waals surface area contributed by atoms with Crippen LogP contribution in [-0.4, -0.2) is 4.98 Å². The van der Waals surface area contributed by atoms with Gasteiger partial charge in [-0.15, -0.1) is 0 Å². The molecule has 1 nitrogen and oxygen atoms in total. The fourth-order valence-corrected chi connectivity index (χ4v) is 3.79. The molecule has 0 fully saturated rings. The Balaban J connectivity index is 1.71. The molecule has 0 aliphatic carbocycles. The van der Waals surface area contributed by atoms with E-state index in [0.717, 1.165) is 33.2 Å². The number of nitrogens with zero attached hydrogens (tertiary/aromatic N) is 1. The van der Waals surface area contributed by atoms with Crippen molar-refractivity contribution in [3.05, 3.63) is 99.4 Å². The van der Waals surface area contributed by atoms with Crippen molar-refractivity contribution in [3.63, 3.8) is 0 Å². The van der Waals surface area contributed by atoms with Crippen molar-refractivity contribution in [2.75, 3.05) is 0 Å². The number of benzene rings is 3. The zero-order valence-corrected chi connectivity index (χ0v) is 16.2. The molecule has 3 aromatic carbocycles. The normalized spacial score (nSPS) is 11.1. The van der Waals surface area contributed by atoms with Gasteiger partial charge in [0.2, 0.25) is 0 Å². The van der Waals surface area contributed by atoms with E-state index in [9.17, 15) is 4.39 Å². The Kier molecular flexibility index (Phi) is 4.86. The number of rotatable bonds is 3. The SMILES string of the molecule is Cc1cc(-c2ccc(Cl)cc2F)cc(Cl)c1Cc1cnc2ccccc2c1. The van der Waals surface area contributed by atoms with E-state index in [0.29, 0.717) is 22.0 Å². The summed E-state index contributed by atoms with van der Waals surface area (Å²) >= 11 is 12.4. The fourth-order valence-electron chi connectivity index (χ4n) is 3.29. The van der Waals surface area contributed by atoms with Crippen molar-refractivity contribution in [1.29, 1.82) is 0 Å². The topological polar surface area (TPSA) is 12.9 Å². The maximum Gasteiger partial charge on any atom is 0.132 e. The number of pyridine rings is 1. The maximum atomic E-state index is 14.3. The first-order valence-electron chi connectivity index (χ1n) is 8.59. The quantitative estimate of drug-likeness (QED) is 0.356. The van der Waals surface area contributed by atoms with Crippen molar-refractivity contribution in [3.8, 4) is 11.1 Å². The van der Waals surface area contributed by atoms with Crippen LogP contribution in [0.4, 0.5) is 4.39 Å². The highest BCUT2D eigenvalue weighted by atomic mass is 35.5. The van der Waals surface area contributed by atoms with Gasteiger partial charge in [-0.25, -0.2) is 4.39 Å². The lowest BCUT2D eigenvalue weighted by atomic mass is 9.95. The summed E-state index contributed by atoms with van der Waals surface area (Å²) in [4.78, 5) is 4.52. The summed E-state index contributed by atoms with van der Waals surface area (Å²) in [6.45, 7) is 1.99. The van der Waals surface area contributed by atoms with Crippen molar-refractivity contribution in [1.82, 2.24) is 4.98 Å². The van der Waals surface area contributed by atoms with Gasteiger partial charge in [-0.3, -0.25) is 4.98 Å². The second-order valence-corrected chi connectivity index (χ2v) is 7.43. The van der Waals surface area contributed by atoms with Crippen LogP contribution < -0.4 is 0 Å². The predicted molar refractivity (Wildman–Crippen MR) is 111 cm³/mol. The maximum absolute atomic E-state index is 14.3. The number of hydrogen-bond acceptors (Lipinski definition) is 1. The molecule has 0 spiro atoms. The molecule has 27 heavy (non-hydrogen) atoms. The van der Waals surface area contributed by atoms with E-state index in [4.69, 9.17) is 23.2 Å².